The Labute approximate surface area is 98.5 Å². The van der Waals surface area contributed by atoms with Gasteiger partial charge in [0.15, 0.2) is 0 Å². The van der Waals surface area contributed by atoms with Crippen LogP contribution in [-0.2, 0) is 5.88 Å². The first-order valence-electron chi connectivity index (χ1n) is 3.68. The van der Waals surface area contributed by atoms with Crippen LogP contribution >= 0.6 is 45.5 Å². The van der Waals surface area contributed by atoms with Gasteiger partial charge < -0.3 is 5.11 Å². The summed E-state index contributed by atoms with van der Waals surface area (Å²) in [5.74, 6) is 0.850. The lowest BCUT2D eigenvalue weighted by atomic mass is 10.2. The van der Waals surface area contributed by atoms with Crippen LogP contribution in [0.15, 0.2) is 18.2 Å². The molecule has 0 spiro atoms. The fourth-order valence-electron chi connectivity index (χ4n) is 1.19. The average molecular weight is 325 g/mol. The molecule has 1 aromatic carbocycles. The molecule has 2 rings (SSSR count). The van der Waals surface area contributed by atoms with Crippen LogP contribution in [0.3, 0.4) is 0 Å². The molecule has 0 amide bonds. The molecule has 1 nitrogen and oxygen atoms in total. The van der Waals surface area contributed by atoms with Crippen LogP contribution in [0.2, 0.25) is 0 Å². The number of fused-ring (bicyclic) bond motifs is 1. The predicted molar refractivity (Wildman–Crippen MR) is 65.8 cm³/mol. The molecule has 0 aliphatic carbocycles. The maximum absolute atomic E-state index is 9.30. The van der Waals surface area contributed by atoms with Crippen molar-refractivity contribution in [2.24, 2.45) is 0 Å². The molecule has 4 heteroatoms. The summed E-state index contributed by atoms with van der Waals surface area (Å²) in [7, 11) is 0. The van der Waals surface area contributed by atoms with Crippen LogP contribution in [0.5, 0.6) is 5.75 Å². The van der Waals surface area contributed by atoms with E-state index >= 15 is 0 Å². The number of hydrogen-bond donors (Lipinski definition) is 1. The van der Waals surface area contributed by atoms with Gasteiger partial charge in [-0.25, -0.2) is 0 Å². The van der Waals surface area contributed by atoms with Crippen molar-refractivity contribution in [3.8, 4) is 5.75 Å². The lowest BCUT2D eigenvalue weighted by Crippen LogP contribution is -1.73. The zero-order chi connectivity index (χ0) is 9.42. The van der Waals surface area contributed by atoms with Crippen LogP contribution in [0.25, 0.3) is 10.1 Å². The highest BCUT2D eigenvalue weighted by molar-refractivity contribution is 14.1. The summed E-state index contributed by atoms with van der Waals surface area (Å²) >= 11 is 9.73. The van der Waals surface area contributed by atoms with Crippen molar-refractivity contribution in [2.75, 3.05) is 0 Å². The molecule has 13 heavy (non-hydrogen) atoms. The molecule has 0 fully saturated rings. The van der Waals surface area contributed by atoms with E-state index in [1.54, 1.807) is 23.5 Å². The minimum atomic E-state index is 0.310. The van der Waals surface area contributed by atoms with Crippen molar-refractivity contribution in [3.63, 3.8) is 0 Å². The molecular formula is C9H6ClIOS. The highest BCUT2D eigenvalue weighted by Gasteiger charge is 2.08. The average Bonchev–Trinajstić information content (AvgIpc) is 2.44. The van der Waals surface area contributed by atoms with E-state index in [4.69, 9.17) is 11.6 Å². The van der Waals surface area contributed by atoms with Gasteiger partial charge in [0.2, 0.25) is 0 Å². The highest BCUT2D eigenvalue weighted by Crippen LogP contribution is 2.35. The molecule has 0 saturated heterocycles. The third kappa shape index (κ3) is 1.65. The number of aromatic hydroxyl groups is 1. The number of alkyl halides is 1. The van der Waals surface area contributed by atoms with Gasteiger partial charge in [0.1, 0.15) is 5.75 Å². The fraction of sp³-hybridized carbons (Fsp3) is 0.111. The Morgan fingerprint density at radius 2 is 2.23 bits per heavy atom. The first kappa shape index (κ1) is 9.55. The van der Waals surface area contributed by atoms with Crippen LogP contribution in [0.1, 0.15) is 4.88 Å². The monoisotopic (exact) mass is 324 g/mol. The maximum atomic E-state index is 9.30. The molecule has 0 aliphatic rings. The van der Waals surface area contributed by atoms with Crippen molar-refractivity contribution in [1.29, 1.82) is 0 Å². The summed E-state index contributed by atoms with van der Waals surface area (Å²) in [6.07, 6.45) is 0. The second-order valence-corrected chi connectivity index (χ2v) is 5.14. The quantitative estimate of drug-likeness (QED) is 0.622. The van der Waals surface area contributed by atoms with E-state index in [0.29, 0.717) is 11.6 Å². The number of thiophene rings is 1. The Kier molecular flexibility index (Phi) is 2.67. The number of hydrogen-bond acceptors (Lipinski definition) is 2. The van der Waals surface area contributed by atoms with Crippen molar-refractivity contribution in [1.82, 2.24) is 0 Å². The van der Waals surface area contributed by atoms with Gasteiger partial charge in [-0.3, -0.25) is 0 Å². The van der Waals surface area contributed by atoms with Crippen LogP contribution in [0, 0.1) is 3.57 Å². The predicted octanol–water partition coefficient (Wildman–Crippen LogP) is 3.95. The van der Waals surface area contributed by atoms with Gasteiger partial charge in [-0.15, -0.1) is 22.9 Å². The summed E-state index contributed by atoms with van der Waals surface area (Å²) in [5, 5.41) is 10.4. The zero-order valence-corrected chi connectivity index (χ0v) is 10.3. The van der Waals surface area contributed by atoms with Crippen LogP contribution in [0.4, 0.5) is 0 Å². The summed E-state index contributed by atoms with van der Waals surface area (Å²) in [6.45, 7) is 0. The van der Waals surface area contributed by atoms with Gasteiger partial charge in [-0.1, -0.05) is 0 Å². The standard InChI is InChI=1S/C9H6ClIOS/c10-4-8-9(11)6-3-5(12)1-2-7(6)13-8/h1-3,12H,4H2. The number of rotatable bonds is 1. The minimum absolute atomic E-state index is 0.310. The second-order valence-electron chi connectivity index (χ2n) is 2.65. The topological polar surface area (TPSA) is 20.2 Å². The van der Waals surface area contributed by atoms with Crippen molar-refractivity contribution < 1.29 is 5.11 Å². The van der Waals surface area contributed by atoms with E-state index in [-0.39, 0.29) is 0 Å². The molecule has 68 valence electrons. The number of phenols is 1. The molecular weight excluding hydrogens is 319 g/mol. The van der Waals surface area contributed by atoms with Gasteiger partial charge >= 0.3 is 0 Å². The van der Waals surface area contributed by atoms with Crippen LogP contribution in [-0.4, -0.2) is 5.11 Å². The molecule has 1 aromatic heterocycles. The molecule has 0 bridgehead atoms. The Bertz CT molecular complexity index is 452. The Morgan fingerprint density at radius 1 is 1.46 bits per heavy atom. The number of halogens is 2. The summed E-state index contributed by atoms with van der Waals surface area (Å²) in [5.41, 5.74) is 0. The molecule has 0 unspecified atom stereocenters. The van der Waals surface area contributed by atoms with Gasteiger partial charge in [0.25, 0.3) is 0 Å². The first-order valence-corrected chi connectivity index (χ1v) is 6.11. The van der Waals surface area contributed by atoms with Gasteiger partial charge in [-0.2, -0.15) is 0 Å². The minimum Gasteiger partial charge on any atom is -0.508 e. The molecule has 0 atom stereocenters. The maximum Gasteiger partial charge on any atom is 0.116 e. The fourth-order valence-corrected chi connectivity index (χ4v) is 3.79. The normalized spacial score (nSPS) is 10.9. The van der Waals surface area contributed by atoms with Crippen molar-refractivity contribution >= 4 is 55.6 Å². The van der Waals surface area contributed by atoms with E-state index in [0.717, 1.165) is 8.96 Å². The van der Waals surface area contributed by atoms with Crippen molar-refractivity contribution in [2.45, 2.75) is 5.88 Å². The third-order valence-electron chi connectivity index (χ3n) is 1.80. The molecule has 2 aromatic rings. The number of phenolic OH excluding ortho intramolecular Hbond substituents is 1. The molecule has 1 heterocycles. The molecule has 0 saturated carbocycles. The summed E-state index contributed by atoms with van der Waals surface area (Å²) in [4.78, 5) is 1.17. The van der Waals surface area contributed by atoms with Gasteiger partial charge in [-0.05, 0) is 40.8 Å². The zero-order valence-electron chi connectivity index (χ0n) is 6.55. The lowest BCUT2D eigenvalue weighted by molar-refractivity contribution is 0.476. The largest absolute Gasteiger partial charge is 0.508 e. The Balaban J connectivity index is 2.77. The second kappa shape index (κ2) is 3.63. The van der Waals surface area contributed by atoms with E-state index in [2.05, 4.69) is 22.6 Å². The Morgan fingerprint density at radius 3 is 2.92 bits per heavy atom. The van der Waals surface area contributed by atoms with E-state index < -0.39 is 0 Å². The lowest BCUT2D eigenvalue weighted by Gasteiger charge is -1.92. The SMILES string of the molecule is Oc1ccc2sc(CCl)c(I)c2c1. The summed E-state index contributed by atoms with van der Waals surface area (Å²) < 4.78 is 2.33. The van der Waals surface area contributed by atoms with Crippen LogP contribution < -0.4 is 0 Å². The smallest absolute Gasteiger partial charge is 0.116 e. The number of benzene rings is 1. The Hall–Kier alpha value is -0.000000000000000167. The molecule has 0 aliphatic heterocycles. The summed E-state index contributed by atoms with van der Waals surface area (Å²) in [6, 6.07) is 5.41. The van der Waals surface area contributed by atoms with E-state index in [1.807, 2.05) is 6.07 Å². The van der Waals surface area contributed by atoms with Gasteiger partial charge in [0, 0.05) is 18.5 Å². The third-order valence-corrected chi connectivity index (χ3v) is 4.99. The van der Waals surface area contributed by atoms with E-state index in [1.165, 1.54) is 9.58 Å². The van der Waals surface area contributed by atoms with Crippen molar-refractivity contribution in [3.05, 3.63) is 26.6 Å². The van der Waals surface area contributed by atoms with E-state index in [9.17, 15) is 5.11 Å². The highest BCUT2D eigenvalue weighted by atomic mass is 127. The molecule has 1 N–H and O–H groups in total. The first-order chi connectivity index (χ1) is 6.22. The van der Waals surface area contributed by atoms with Gasteiger partial charge in [0.05, 0.1) is 5.88 Å². The molecule has 0 radical (unpaired) electrons.